The van der Waals surface area contributed by atoms with Gasteiger partial charge in [-0.1, -0.05) is 12.1 Å². The van der Waals surface area contributed by atoms with Crippen molar-refractivity contribution >= 4 is 5.91 Å². The fourth-order valence-corrected chi connectivity index (χ4v) is 3.79. The number of hydrogen-bond donors (Lipinski definition) is 1. The van der Waals surface area contributed by atoms with Crippen molar-refractivity contribution in [3.05, 3.63) is 51.2 Å². The van der Waals surface area contributed by atoms with Crippen LogP contribution >= 0.6 is 0 Å². The maximum Gasteiger partial charge on any atom is 0.217 e. The van der Waals surface area contributed by atoms with Gasteiger partial charge in [-0.25, -0.2) is 0 Å². The molecule has 1 aliphatic rings. The van der Waals surface area contributed by atoms with E-state index in [9.17, 15) is 9.59 Å². The second kappa shape index (κ2) is 7.92. The fraction of sp³-hybridized carbons (Fsp3) is 0.364. The molecule has 2 aromatic carbocycles. The molecule has 0 aliphatic heterocycles. The van der Waals surface area contributed by atoms with Gasteiger partial charge in [-0.15, -0.1) is 0 Å². The molecule has 28 heavy (non-hydrogen) atoms. The van der Waals surface area contributed by atoms with E-state index < -0.39 is 0 Å². The lowest BCUT2D eigenvalue weighted by atomic mass is 9.95. The molecule has 0 fully saturated rings. The first kappa shape index (κ1) is 19.7. The van der Waals surface area contributed by atoms with Gasteiger partial charge in [0, 0.05) is 12.5 Å². The van der Waals surface area contributed by atoms with E-state index in [0.29, 0.717) is 35.7 Å². The predicted octanol–water partition coefficient (Wildman–Crippen LogP) is 3.17. The lowest BCUT2D eigenvalue weighted by Gasteiger charge is -2.19. The van der Waals surface area contributed by atoms with E-state index in [4.69, 9.17) is 14.2 Å². The van der Waals surface area contributed by atoms with Crippen molar-refractivity contribution in [3.63, 3.8) is 0 Å². The zero-order chi connectivity index (χ0) is 20.4. The number of nitrogens with one attached hydrogen (secondary N) is 1. The number of methoxy groups -OCH3 is 3. The van der Waals surface area contributed by atoms with E-state index in [-0.39, 0.29) is 17.4 Å². The van der Waals surface area contributed by atoms with E-state index in [1.807, 2.05) is 12.1 Å². The van der Waals surface area contributed by atoms with Crippen molar-refractivity contribution in [1.82, 2.24) is 5.32 Å². The van der Waals surface area contributed by atoms with Gasteiger partial charge >= 0.3 is 0 Å². The molecule has 0 radical (unpaired) electrons. The van der Waals surface area contributed by atoms with Crippen molar-refractivity contribution in [2.45, 2.75) is 32.7 Å². The molecule has 6 nitrogen and oxygen atoms in total. The molecule has 1 atom stereocenters. The van der Waals surface area contributed by atoms with Crippen LogP contribution in [0, 0.1) is 6.92 Å². The molecule has 0 heterocycles. The van der Waals surface area contributed by atoms with Gasteiger partial charge in [-0.05, 0) is 54.2 Å². The summed E-state index contributed by atoms with van der Waals surface area (Å²) in [4.78, 5) is 24.3. The van der Waals surface area contributed by atoms with Gasteiger partial charge in [0.25, 0.3) is 0 Å². The summed E-state index contributed by atoms with van der Waals surface area (Å²) in [7, 11) is 4.73. The van der Waals surface area contributed by atoms with Gasteiger partial charge in [0.1, 0.15) is 0 Å². The predicted molar refractivity (Wildman–Crippen MR) is 107 cm³/mol. The van der Waals surface area contributed by atoms with Gasteiger partial charge in [-0.3, -0.25) is 9.59 Å². The van der Waals surface area contributed by atoms with Crippen molar-refractivity contribution in [3.8, 4) is 28.4 Å². The number of benzene rings is 1. The maximum absolute atomic E-state index is 12.5. The molecule has 0 saturated carbocycles. The summed E-state index contributed by atoms with van der Waals surface area (Å²) in [5.74, 6) is 1.49. The molecule has 1 aliphatic carbocycles. The molecule has 1 N–H and O–H groups in total. The number of fused-ring (bicyclic) bond motifs is 3. The van der Waals surface area contributed by atoms with E-state index in [1.165, 1.54) is 6.92 Å². The monoisotopic (exact) mass is 383 g/mol. The third-order valence-corrected chi connectivity index (χ3v) is 5.12. The van der Waals surface area contributed by atoms with E-state index >= 15 is 0 Å². The number of rotatable bonds is 4. The summed E-state index contributed by atoms with van der Waals surface area (Å²) >= 11 is 0. The summed E-state index contributed by atoms with van der Waals surface area (Å²) in [5, 5.41) is 2.99. The van der Waals surface area contributed by atoms with Crippen molar-refractivity contribution in [1.29, 1.82) is 0 Å². The largest absolute Gasteiger partial charge is 0.493 e. The zero-order valence-electron chi connectivity index (χ0n) is 16.8. The molecule has 148 valence electrons. The van der Waals surface area contributed by atoms with Crippen molar-refractivity contribution in [2.75, 3.05) is 21.3 Å². The second-order valence-electron chi connectivity index (χ2n) is 6.87. The summed E-state index contributed by atoms with van der Waals surface area (Å²) in [6, 6.07) is 7.00. The Morgan fingerprint density at radius 1 is 1.07 bits per heavy atom. The number of aryl methyl sites for hydroxylation is 2. The third kappa shape index (κ3) is 3.42. The fourth-order valence-electron chi connectivity index (χ4n) is 3.79. The molecule has 0 unspecified atom stereocenters. The standard InChI is InChI=1S/C22H25NO5/c1-12-6-8-15-16(11-18(12)25)17(23-13(2)24)9-7-14-10-19(26-3)21(27-4)22(28-5)20(14)15/h6,8,10-11,17H,7,9H2,1-5H3,(H,23,24)/t17-/m0/s1. The lowest BCUT2D eigenvalue weighted by Crippen LogP contribution is -2.26. The quantitative estimate of drug-likeness (QED) is 0.878. The summed E-state index contributed by atoms with van der Waals surface area (Å²) in [6.07, 6.45) is 1.34. The molecule has 1 amide bonds. The first-order valence-electron chi connectivity index (χ1n) is 9.15. The minimum atomic E-state index is -0.277. The van der Waals surface area contributed by atoms with Crippen LogP contribution in [-0.4, -0.2) is 27.2 Å². The van der Waals surface area contributed by atoms with Crippen LogP contribution in [-0.2, 0) is 11.2 Å². The minimum absolute atomic E-state index is 0.0699. The SMILES string of the molecule is COc1cc2c(c(OC)c1OC)-c1ccc(C)c(=O)cc1[C@@H](NC(C)=O)CC2. The van der Waals surface area contributed by atoms with Crippen molar-refractivity contribution in [2.24, 2.45) is 0 Å². The number of carbonyl (C=O) groups is 1. The second-order valence-corrected chi connectivity index (χ2v) is 6.87. The van der Waals surface area contributed by atoms with Crippen LogP contribution in [0.1, 0.15) is 36.1 Å². The summed E-state index contributed by atoms with van der Waals surface area (Å²) in [5.41, 5.74) is 4.06. The third-order valence-electron chi connectivity index (χ3n) is 5.12. The normalized spacial score (nSPS) is 15.0. The van der Waals surface area contributed by atoms with Crippen LogP contribution in [0.2, 0.25) is 0 Å². The number of amides is 1. The number of carbonyl (C=O) groups excluding carboxylic acids is 1. The molecule has 3 rings (SSSR count). The molecule has 0 aromatic heterocycles. The molecule has 0 spiro atoms. The van der Waals surface area contributed by atoms with E-state index in [2.05, 4.69) is 5.32 Å². The molecular weight excluding hydrogens is 358 g/mol. The Morgan fingerprint density at radius 2 is 1.79 bits per heavy atom. The Labute approximate surface area is 164 Å². The van der Waals surface area contributed by atoms with Gasteiger partial charge < -0.3 is 19.5 Å². The van der Waals surface area contributed by atoms with Crippen LogP contribution < -0.4 is 25.0 Å². The summed E-state index contributed by atoms with van der Waals surface area (Å²) < 4.78 is 16.8. The summed E-state index contributed by atoms with van der Waals surface area (Å²) in [6.45, 7) is 3.26. The maximum atomic E-state index is 12.5. The van der Waals surface area contributed by atoms with E-state index in [1.54, 1.807) is 40.4 Å². The zero-order valence-corrected chi connectivity index (χ0v) is 16.8. The first-order valence-corrected chi connectivity index (χ1v) is 9.15. The Hall–Kier alpha value is -3.02. The molecule has 6 heteroatoms. The van der Waals surface area contributed by atoms with Crippen LogP contribution in [0.5, 0.6) is 17.2 Å². The average Bonchev–Trinajstić information content (AvgIpc) is 2.90. The highest BCUT2D eigenvalue weighted by atomic mass is 16.5. The Morgan fingerprint density at radius 3 is 2.39 bits per heavy atom. The highest BCUT2D eigenvalue weighted by molar-refractivity contribution is 5.83. The smallest absolute Gasteiger partial charge is 0.217 e. The number of ether oxygens (including phenoxy) is 3. The van der Waals surface area contributed by atoms with Gasteiger partial charge in [0.05, 0.1) is 27.4 Å². The van der Waals surface area contributed by atoms with Crippen LogP contribution in [0.25, 0.3) is 11.1 Å². The van der Waals surface area contributed by atoms with Crippen LogP contribution in [0.4, 0.5) is 0 Å². The molecular formula is C22H25NO5. The Balaban J connectivity index is 2.41. The first-order chi connectivity index (χ1) is 13.4. The van der Waals surface area contributed by atoms with Gasteiger partial charge in [0.15, 0.2) is 16.9 Å². The van der Waals surface area contributed by atoms with Gasteiger partial charge in [-0.2, -0.15) is 0 Å². The topological polar surface area (TPSA) is 73.9 Å². The highest BCUT2D eigenvalue weighted by Gasteiger charge is 2.29. The average molecular weight is 383 g/mol. The van der Waals surface area contributed by atoms with Crippen LogP contribution in [0.3, 0.4) is 0 Å². The van der Waals surface area contributed by atoms with Crippen molar-refractivity contribution < 1.29 is 19.0 Å². The molecule has 0 saturated heterocycles. The lowest BCUT2D eigenvalue weighted by molar-refractivity contribution is -0.119. The Bertz CT molecular complexity index is 983. The highest BCUT2D eigenvalue weighted by Crippen LogP contribution is 2.50. The number of hydrogen-bond acceptors (Lipinski definition) is 5. The minimum Gasteiger partial charge on any atom is -0.493 e. The van der Waals surface area contributed by atoms with E-state index in [0.717, 1.165) is 22.3 Å². The molecule has 0 bridgehead atoms. The van der Waals surface area contributed by atoms with Crippen LogP contribution in [0.15, 0.2) is 29.1 Å². The molecule has 2 aromatic rings. The Kier molecular flexibility index (Phi) is 5.58. The van der Waals surface area contributed by atoms with Gasteiger partial charge in [0.2, 0.25) is 11.7 Å².